The second-order valence-electron chi connectivity index (χ2n) is 3.17. The molecule has 1 atom stereocenters. The molecule has 0 saturated carbocycles. The van der Waals surface area contributed by atoms with Crippen LogP contribution in [0.15, 0.2) is 33.8 Å². The number of nitrogens with zero attached hydrogens (tertiary/aromatic N) is 2. The molecule has 2 aromatic heterocycles. The maximum Gasteiger partial charge on any atom is 0.417 e. The Kier molecular flexibility index (Phi) is 3.46. The maximum absolute atomic E-state index is 12.3. The zero-order chi connectivity index (χ0) is 13.3. The molecule has 0 bridgehead atoms. The zero-order valence-electron chi connectivity index (χ0n) is 8.64. The molecule has 0 aliphatic heterocycles. The number of alkyl halides is 3. The lowest BCUT2D eigenvalue weighted by Gasteiger charge is -2.08. The zero-order valence-corrected chi connectivity index (χ0v) is 10.3. The number of nitrogens with two attached hydrogens (primary N) is 1. The van der Waals surface area contributed by atoms with Gasteiger partial charge in [0, 0.05) is 12.3 Å². The summed E-state index contributed by atoms with van der Waals surface area (Å²) in [5.41, 5.74) is 4.50. The van der Waals surface area contributed by atoms with Gasteiger partial charge in [0.2, 0.25) is 4.21 Å². The number of thiazole rings is 1. The van der Waals surface area contributed by atoms with Crippen molar-refractivity contribution in [2.24, 2.45) is 0 Å². The Morgan fingerprint density at radius 3 is 2.39 bits per heavy atom. The van der Waals surface area contributed by atoms with E-state index >= 15 is 0 Å². The minimum Gasteiger partial charge on any atom is -0.605 e. The molecule has 4 nitrogen and oxygen atoms in total. The van der Waals surface area contributed by atoms with Gasteiger partial charge in [0.05, 0.1) is 22.9 Å². The van der Waals surface area contributed by atoms with Gasteiger partial charge < -0.3 is 10.3 Å². The van der Waals surface area contributed by atoms with Gasteiger partial charge in [-0.2, -0.15) is 13.2 Å². The van der Waals surface area contributed by atoms with Crippen molar-refractivity contribution in [3.8, 4) is 0 Å². The number of hydrogen-bond acceptors (Lipinski definition) is 5. The Bertz CT molecular complexity index is 541. The van der Waals surface area contributed by atoms with E-state index in [1.807, 2.05) is 0 Å². The van der Waals surface area contributed by atoms with Crippen LogP contribution in [-0.2, 0) is 17.4 Å². The second-order valence-corrected chi connectivity index (χ2v) is 5.89. The number of rotatable bonds is 2. The molecule has 0 amide bonds. The maximum atomic E-state index is 12.3. The van der Waals surface area contributed by atoms with E-state index in [1.165, 1.54) is 6.20 Å². The molecule has 0 aliphatic rings. The van der Waals surface area contributed by atoms with Gasteiger partial charge in [0.15, 0.2) is 5.13 Å². The molecule has 2 heterocycles. The van der Waals surface area contributed by atoms with Crippen molar-refractivity contribution in [2.75, 3.05) is 5.73 Å². The molecule has 0 aromatic carbocycles. The molecular formula is C9H6F3N3OS2. The third-order valence-corrected chi connectivity index (χ3v) is 4.36. The van der Waals surface area contributed by atoms with Crippen LogP contribution in [0.5, 0.6) is 0 Å². The van der Waals surface area contributed by atoms with Gasteiger partial charge in [-0.1, -0.05) is 0 Å². The first-order valence-electron chi connectivity index (χ1n) is 4.54. The molecule has 2 N–H and O–H groups in total. The summed E-state index contributed by atoms with van der Waals surface area (Å²) in [4.78, 5) is 7.26. The van der Waals surface area contributed by atoms with Crippen LogP contribution in [0, 0.1) is 0 Å². The molecule has 0 radical (unpaired) electrons. The highest BCUT2D eigenvalue weighted by atomic mass is 32.2. The Balaban J connectivity index is 2.24. The van der Waals surface area contributed by atoms with Crippen LogP contribution >= 0.6 is 11.3 Å². The van der Waals surface area contributed by atoms with E-state index < -0.39 is 22.9 Å². The van der Waals surface area contributed by atoms with Crippen LogP contribution in [0.4, 0.5) is 18.3 Å². The van der Waals surface area contributed by atoms with E-state index in [-0.39, 0.29) is 10.2 Å². The topological polar surface area (TPSA) is 74.9 Å². The van der Waals surface area contributed by atoms with Crippen molar-refractivity contribution >= 4 is 27.6 Å². The van der Waals surface area contributed by atoms with Gasteiger partial charge in [-0.05, 0) is 17.4 Å². The van der Waals surface area contributed by atoms with Crippen molar-refractivity contribution in [1.29, 1.82) is 0 Å². The Labute approximate surface area is 107 Å². The highest BCUT2D eigenvalue weighted by Crippen LogP contribution is 2.30. The third kappa shape index (κ3) is 2.74. The van der Waals surface area contributed by atoms with E-state index in [0.717, 1.165) is 23.5 Å². The Hall–Kier alpha value is -1.32. The van der Waals surface area contributed by atoms with Gasteiger partial charge in [-0.25, -0.2) is 9.97 Å². The monoisotopic (exact) mass is 293 g/mol. The SMILES string of the molecule is Nc1ncc([S+]([O-])c2ccc(C(F)(F)F)cn2)s1. The van der Waals surface area contributed by atoms with Gasteiger partial charge in [-0.15, -0.1) is 0 Å². The van der Waals surface area contributed by atoms with E-state index in [0.29, 0.717) is 10.4 Å². The summed E-state index contributed by atoms with van der Waals surface area (Å²) in [5, 5.41) is 0.275. The van der Waals surface area contributed by atoms with E-state index in [9.17, 15) is 17.7 Å². The number of hydrogen-bond donors (Lipinski definition) is 1. The summed E-state index contributed by atoms with van der Waals surface area (Å²) >= 11 is -0.659. The highest BCUT2D eigenvalue weighted by molar-refractivity contribution is 7.93. The smallest absolute Gasteiger partial charge is 0.417 e. The summed E-state index contributed by atoms with van der Waals surface area (Å²) in [6, 6.07) is 1.92. The van der Waals surface area contributed by atoms with E-state index in [4.69, 9.17) is 5.73 Å². The summed E-state index contributed by atoms with van der Waals surface area (Å²) < 4.78 is 49.2. The van der Waals surface area contributed by atoms with Crippen LogP contribution in [0.2, 0.25) is 0 Å². The Morgan fingerprint density at radius 1 is 1.22 bits per heavy atom. The molecule has 0 fully saturated rings. The van der Waals surface area contributed by atoms with E-state index in [1.54, 1.807) is 0 Å². The molecule has 0 spiro atoms. The molecule has 18 heavy (non-hydrogen) atoms. The van der Waals surface area contributed by atoms with Crippen LogP contribution in [0.1, 0.15) is 5.56 Å². The summed E-state index contributed by atoms with van der Waals surface area (Å²) in [5.74, 6) is 0. The quantitative estimate of drug-likeness (QED) is 0.862. The van der Waals surface area contributed by atoms with Crippen molar-refractivity contribution in [3.63, 3.8) is 0 Å². The number of aromatic nitrogens is 2. The number of anilines is 1. The first kappa shape index (κ1) is 13.1. The average Bonchev–Trinajstić information content (AvgIpc) is 2.74. The lowest BCUT2D eigenvalue weighted by atomic mass is 10.3. The minimum atomic E-state index is -4.46. The van der Waals surface area contributed by atoms with Gasteiger partial charge >= 0.3 is 6.18 Å². The molecular weight excluding hydrogens is 287 g/mol. The predicted octanol–water partition coefficient (Wildman–Crippen LogP) is 2.31. The van der Waals surface area contributed by atoms with Crippen LogP contribution in [-0.4, -0.2) is 14.5 Å². The second kappa shape index (κ2) is 4.75. The Morgan fingerprint density at radius 2 is 1.94 bits per heavy atom. The standard InChI is InChI=1S/C9H6F3N3OS2/c10-9(11,12)5-1-2-6(14-3-5)18(16)7-4-15-8(13)17-7/h1-4H,(H2,13,15). The van der Waals surface area contributed by atoms with Gasteiger partial charge in [0.1, 0.15) is 0 Å². The van der Waals surface area contributed by atoms with Crippen molar-refractivity contribution < 1.29 is 17.7 Å². The summed E-state index contributed by atoms with van der Waals surface area (Å²) in [6.07, 6.45) is -2.49. The molecule has 0 saturated heterocycles. The number of nitrogen functional groups attached to an aromatic ring is 1. The summed E-state index contributed by atoms with van der Waals surface area (Å²) in [7, 11) is 0. The van der Waals surface area contributed by atoms with Crippen molar-refractivity contribution in [3.05, 3.63) is 30.1 Å². The lowest BCUT2D eigenvalue weighted by Crippen LogP contribution is -2.08. The fourth-order valence-corrected chi connectivity index (χ4v) is 3.05. The minimum absolute atomic E-state index is 0.0339. The van der Waals surface area contributed by atoms with Crippen LogP contribution < -0.4 is 5.73 Å². The van der Waals surface area contributed by atoms with Crippen LogP contribution in [0.3, 0.4) is 0 Å². The number of halogens is 3. The third-order valence-electron chi connectivity index (χ3n) is 1.94. The molecule has 0 aliphatic carbocycles. The van der Waals surface area contributed by atoms with E-state index in [2.05, 4.69) is 9.97 Å². The fraction of sp³-hybridized carbons (Fsp3) is 0.111. The molecule has 96 valence electrons. The van der Waals surface area contributed by atoms with Gasteiger partial charge in [-0.3, -0.25) is 0 Å². The lowest BCUT2D eigenvalue weighted by molar-refractivity contribution is -0.137. The average molecular weight is 293 g/mol. The molecule has 2 rings (SSSR count). The first-order chi connectivity index (χ1) is 8.38. The molecule has 9 heteroatoms. The highest BCUT2D eigenvalue weighted by Gasteiger charge is 2.31. The van der Waals surface area contributed by atoms with Crippen LogP contribution in [0.25, 0.3) is 0 Å². The molecule has 2 aromatic rings. The fourth-order valence-electron chi connectivity index (χ4n) is 1.12. The van der Waals surface area contributed by atoms with Crippen molar-refractivity contribution in [1.82, 2.24) is 9.97 Å². The number of pyridine rings is 1. The largest absolute Gasteiger partial charge is 0.605 e. The molecule has 1 unspecified atom stereocenters. The normalized spacial score (nSPS) is 13.6. The first-order valence-corrected chi connectivity index (χ1v) is 6.51. The van der Waals surface area contributed by atoms with Gasteiger partial charge in [0.25, 0.3) is 5.03 Å². The van der Waals surface area contributed by atoms with Crippen molar-refractivity contribution in [2.45, 2.75) is 15.4 Å². The summed E-state index contributed by atoms with van der Waals surface area (Å²) in [6.45, 7) is 0. The predicted molar refractivity (Wildman–Crippen MR) is 60.4 cm³/mol.